The van der Waals surface area contributed by atoms with Gasteiger partial charge < -0.3 is 24.1 Å². The van der Waals surface area contributed by atoms with E-state index in [1.807, 2.05) is 13.2 Å². The highest BCUT2D eigenvalue weighted by atomic mass is 33.1. The number of aliphatic hydroxyl groups excluding tert-OH is 1. The predicted octanol–water partition coefficient (Wildman–Crippen LogP) is 0.785. The molecular weight excluding hydrogens is 352 g/mol. The molecule has 0 saturated carbocycles. The zero-order valence-electron chi connectivity index (χ0n) is 14.2. The van der Waals surface area contributed by atoms with E-state index in [0.717, 1.165) is 13.0 Å². The smallest absolute Gasteiger partial charge is 0.155 e. The molecule has 4 aliphatic heterocycles. The number of hydrogen-bond acceptors (Lipinski definition) is 9. The molecule has 4 fully saturated rings. The topological polar surface area (TPSA) is 79.0 Å². The number of fused-ring (bicyclic) bond motifs is 2. The summed E-state index contributed by atoms with van der Waals surface area (Å²) in [6.07, 6.45) is 2.78. The third-order valence-corrected chi connectivity index (χ3v) is 7.00. The summed E-state index contributed by atoms with van der Waals surface area (Å²) in [6, 6.07) is 0. The van der Waals surface area contributed by atoms with Crippen molar-refractivity contribution in [2.45, 2.75) is 68.9 Å². The molecule has 0 spiro atoms. The standard InChI is InChI=1S/C15H26N2O5S2/c1-7-5-17(15-14(22-15)16-13-12(7)21-13)11-4-9(10(6-18)20-11)19-8(2)24-23-3/h7-16,18H,4-6H2,1-3H3/t7?,8-,9?,10?,11?,12?,13?,14?,15?/m1/s1. The minimum atomic E-state index is -0.282. The highest BCUT2D eigenvalue weighted by Gasteiger charge is 2.57. The second-order valence-corrected chi connectivity index (χ2v) is 9.63. The van der Waals surface area contributed by atoms with E-state index in [0.29, 0.717) is 5.92 Å². The largest absolute Gasteiger partial charge is 0.394 e. The molecule has 0 bridgehead atoms. The first-order valence-electron chi connectivity index (χ1n) is 8.54. The molecule has 24 heavy (non-hydrogen) atoms. The van der Waals surface area contributed by atoms with Gasteiger partial charge >= 0.3 is 0 Å². The van der Waals surface area contributed by atoms with Crippen molar-refractivity contribution in [1.29, 1.82) is 0 Å². The van der Waals surface area contributed by atoms with E-state index in [2.05, 4.69) is 17.1 Å². The Balaban J connectivity index is 1.40. The molecule has 9 heteroatoms. The Morgan fingerprint density at radius 3 is 2.92 bits per heavy atom. The first-order valence-corrected chi connectivity index (χ1v) is 11.2. The lowest BCUT2D eigenvalue weighted by molar-refractivity contribution is -0.101. The van der Waals surface area contributed by atoms with Gasteiger partial charge in [0.25, 0.3) is 0 Å². The fourth-order valence-electron chi connectivity index (χ4n) is 3.77. The molecule has 0 amide bonds. The summed E-state index contributed by atoms with van der Waals surface area (Å²) in [4.78, 5) is 2.26. The van der Waals surface area contributed by atoms with Crippen LogP contribution in [-0.4, -0.2) is 78.1 Å². The molecule has 4 saturated heterocycles. The van der Waals surface area contributed by atoms with Crippen LogP contribution < -0.4 is 5.32 Å². The van der Waals surface area contributed by atoms with E-state index in [4.69, 9.17) is 18.9 Å². The average molecular weight is 379 g/mol. The average Bonchev–Trinajstić information content (AvgIpc) is 3.44. The van der Waals surface area contributed by atoms with Gasteiger partial charge in [-0.05, 0) is 19.1 Å². The van der Waals surface area contributed by atoms with Crippen molar-refractivity contribution in [2.24, 2.45) is 5.92 Å². The molecule has 0 radical (unpaired) electrons. The zero-order chi connectivity index (χ0) is 16.8. The van der Waals surface area contributed by atoms with Gasteiger partial charge in [-0.1, -0.05) is 28.5 Å². The lowest BCUT2D eigenvalue weighted by atomic mass is 10.1. The van der Waals surface area contributed by atoms with Gasteiger partial charge in [-0.3, -0.25) is 5.32 Å². The van der Waals surface area contributed by atoms with Crippen molar-refractivity contribution in [3.63, 3.8) is 0 Å². The van der Waals surface area contributed by atoms with Gasteiger partial charge in [0.05, 0.1) is 12.7 Å². The summed E-state index contributed by atoms with van der Waals surface area (Å²) < 4.78 is 23.7. The van der Waals surface area contributed by atoms with Crippen LogP contribution in [0.25, 0.3) is 0 Å². The summed E-state index contributed by atoms with van der Waals surface area (Å²) in [5.41, 5.74) is 0.0693. The summed E-state index contributed by atoms with van der Waals surface area (Å²) >= 11 is 0. The molecular formula is C15H26N2O5S2. The van der Waals surface area contributed by atoms with E-state index >= 15 is 0 Å². The molecule has 0 aliphatic carbocycles. The summed E-state index contributed by atoms with van der Waals surface area (Å²) in [6.45, 7) is 5.08. The fourth-order valence-corrected chi connectivity index (χ4v) is 5.18. The van der Waals surface area contributed by atoms with Gasteiger partial charge in [0, 0.05) is 13.0 Å². The molecule has 7 nitrogen and oxygen atoms in total. The maximum Gasteiger partial charge on any atom is 0.155 e. The molecule has 9 atom stereocenters. The van der Waals surface area contributed by atoms with Gasteiger partial charge in [0.15, 0.2) is 12.5 Å². The maximum absolute atomic E-state index is 9.67. The van der Waals surface area contributed by atoms with Crippen LogP contribution in [0.3, 0.4) is 0 Å². The Hall–Kier alpha value is 0.420. The van der Waals surface area contributed by atoms with Gasteiger partial charge in [-0.2, -0.15) is 0 Å². The van der Waals surface area contributed by atoms with Crippen molar-refractivity contribution in [1.82, 2.24) is 10.2 Å². The third kappa shape index (κ3) is 3.60. The van der Waals surface area contributed by atoms with Crippen LogP contribution in [-0.2, 0) is 18.9 Å². The highest BCUT2D eigenvalue weighted by Crippen LogP contribution is 2.40. The van der Waals surface area contributed by atoms with E-state index in [9.17, 15) is 5.11 Å². The normalized spacial score (nSPS) is 49.0. The lowest BCUT2D eigenvalue weighted by Gasteiger charge is -2.30. The van der Waals surface area contributed by atoms with Crippen molar-refractivity contribution in [3.8, 4) is 0 Å². The quantitative estimate of drug-likeness (QED) is 0.396. The van der Waals surface area contributed by atoms with Crippen molar-refractivity contribution in [2.75, 3.05) is 19.4 Å². The molecule has 0 aromatic rings. The molecule has 4 rings (SSSR count). The number of nitrogens with zero attached hydrogens (tertiary/aromatic N) is 1. The molecule has 2 N–H and O–H groups in total. The second kappa shape index (κ2) is 7.21. The van der Waals surface area contributed by atoms with Crippen molar-refractivity contribution in [3.05, 3.63) is 0 Å². The van der Waals surface area contributed by atoms with Crippen LogP contribution in [0.4, 0.5) is 0 Å². The van der Waals surface area contributed by atoms with Gasteiger partial charge in [-0.15, -0.1) is 0 Å². The van der Waals surface area contributed by atoms with Crippen LogP contribution in [0.2, 0.25) is 0 Å². The summed E-state index contributed by atoms with van der Waals surface area (Å²) in [7, 11) is 3.36. The van der Waals surface area contributed by atoms with Crippen LogP contribution in [0.1, 0.15) is 20.3 Å². The first kappa shape index (κ1) is 17.8. The van der Waals surface area contributed by atoms with Crippen molar-refractivity contribution < 1.29 is 24.1 Å². The minimum absolute atomic E-state index is 0.0228. The van der Waals surface area contributed by atoms with E-state index in [-0.39, 0.29) is 55.3 Å². The van der Waals surface area contributed by atoms with Crippen LogP contribution in [0, 0.1) is 5.92 Å². The van der Waals surface area contributed by atoms with Crippen LogP contribution in [0.15, 0.2) is 0 Å². The number of ether oxygens (including phenoxy) is 4. The zero-order valence-corrected chi connectivity index (χ0v) is 15.8. The Kier molecular flexibility index (Phi) is 5.35. The number of rotatable bonds is 6. The molecule has 4 heterocycles. The Labute approximate surface area is 150 Å². The molecule has 0 aromatic heterocycles. The Morgan fingerprint density at radius 2 is 2.17 bits per heavy atom. The third-order valence-electron chi connectivity index (χ3n) is 5.04. The fraction of sp³-hybridized carbons (Fsp3) is 1.00. The number of nitrogens with one attached hydrogen (secondary N) is 1. The summed E-state index contributed by atoms with van der Waals surface area (Å²) in [5.74, 6) is 0.412. The van der Waals surface area contributed by atoms with Crippen LogP contribution in [0.5, 0.6) is 0 Å². The Bertz CT molecular complexity index is 462. The highest BCUT2D eigenvalue weighted by molar-refractivity contribution is 8.76. The van der Waals surface area contributed by atoms with Gasteiger partial charge in [-0.25, -0.2) is 4.90 Å². The monoisotopic (exact) mass is 378 g/mol. The first-order chi connectivity index (χ1) is 11.6. The second-order valence-electron chi connectivity index (χ2n) is 6.86. The summed E-state index contributed by atoms with van der Waals surface area (Å²) in [5, 5.41) is 13.0. The number of hydrogen-bond donors (Lipinski definition) is 2. The Morgan fingerprint density at radius 1 is 1.33 bits per heavy atom. The van der Waals surface area contributed by atoms with Gasteiger partial charge in [0.1, 0.15) is 30.1 Å². The molecule has 4 aliphatic rings. The van der Waals surface area contributed by atoms with Crippen molar-refractivity contribution >= 4 is 21.6 Å². The maximum atomic E-state index is 9.67. The minimum Gasteiger partial charge on any atom is -0.394 e. The molecule has 8 unspecified atom stereocenters. The number of epoxide rings is 2. The molecule has 138 valence electrons. The molecule has 0 aromatic carbocycles. The predicted molar refractivity (Wildman–Crippen MR) is 92.1 cm³/mol. The lowest BCUT2D eigenvalue weighted by Crippen LogP contribution is -2.46. The number of aliphatic hydroxyl groups is 1. The van der Waals surface area contributed by atoms with Crippen LogP contribution >= 0.6 is 21.6 Å². The SMILES string of the molecule is CSS[C@H](C)OC1CC(N2CC(C)C3OC3NC3OC32)OC1CO. The van der Waals surface area contributed by atoms with Gasteiger partial charge in [0.2, 0.25) is 0 Å². The van der Waals surface area contributed by atoms with E-state index in [1.54, 1.807) is 21.6 Å². The van der Waals surface area contributed by atoms with E-state index in [1.165, 1.54) is 0 Å². The van der Waals surface area contributed by atoms with E-state index < -0.39 is 0 Å².